The van der Waals surface area contributed by atoms with Gasteiger partial charge in [-0.3, -0.25) is 25.2 Å². The van der Waals surface area contributed by atoms with Crippen LogP contribution in [0.1, 0.15) is 19.3 Å². The summed E-state index contributed by atoms with van der Waals surface area (Å²) < 4.78 is 5.17. The van der Waals surface area contributed by atoms with Gasteiger partial charge in [-0.2, -0.15) is 0 Å². The van der Waals surface area contributed by atoms with Crippen LogP contribution in [0.5, 0.6) is 5.75 Å². The van der Waals surface area contributed by atoms with Gasteiger partial charge in [-0.05, 0) is 18.6 Å². The molecule has 1 aromatic rings. The molecule has 0 unspecified atom stereocenters. The molecule has 0 saturated heterocycles. The summed E-state index contributed by atoms with van der Waals surface area (Å²) >= 11 is 0. The molecule has 0 fully saturated rings. The van der Waals surface area contributed by atoms with Crippen LogP contribution in [0.25, 0.3) is 0 Å². The van der Waals surface area contributed by atoms with Gasteiger partial charge in [-0.15, -0.1) is 0 Å². The normalized spacial score (nSPS) is 9.60. The van der Waals surface area contributed by atoms with E-state index in [1.54, 1.807) is 24.3 Å². The largest absolute Gasteiger partial charge is 0.484 e. The molecule has 0 heterocycles. The predicted octanol–water partition coefficient (Wildman–Crippen LogP) is 0.468. The molecule has 7 nitrogen and oxygen atoms in total. The van der Waals surface area contributed by atoms with Crippen molar-refractivity contribution >= 4 is 17.8 Å². The standard InChI is InChI=1S/C13H16N2O5/c16-11(7-4-8-13(18)19)14-15-12(17)9-20-10-5-2-1-3-6-10/h1-3,5-6H,4,7-9H2,(H,14,16)(H,15,17)(H,18,19). The maximum absolute atomic E-state index is 11.4. The number of nitrogens with one attached hydrogen (secondary N) is 2. The molecule has 3 N–H and O–H groups in total. The lowest BCUT2D eigenvalue weighted by atomic mass is 10.2. The molecule has 0 bridgehead atoms. The maximum Gasteiger partial charge on any atom is 0.303 e. The molecule has 20 heavy (non-hydrogen) atoms. The maximum atomic E-state index is 11.4. The van der Waals surface area contributed by atoms with Gasteiger partial charge in [0.1, 0.15) is 5.75 Å². The van der Waals surface area contributed by atoms with E-state index in [1.165, 1.54) is 0 Å². The van der Waals surface area contributed by atoms with Crippen LogP contribution in [0, 0.1) is 0 Å². The zero-order valence-corrected chi connectivity index (χ0v) is 10.8. The number of carbonyl (C=O) groups is 3. The third-order valence-corrected chi connectivity index (χ3v) is 2.25. The summed E-state index contributed by atoms with van der Waals surface area (Å²) in [6.45, 7) is -0.223. The molecule has 0 aromatic heterocycles. The van der Waals surface area contributed by atoms with Crippen molar-refractivity contribution in [3.05, 3.63) is 30.3 Å². The highest BCUT2D eigenvalue weighted by molar-refractivity contribution is 5.82. The van der Waals surface area contributed by atoms with E-state index in [-0.39, 0.29) is 25.9 Å². The van der Waals surface area contributed by atoms with Gasteiger partial charge >= 0.3 is 5.97 Å². The number of aliphatic carboxylic acids is 1. The van der Waals surface area contributed by atoms with Crippen LogP contribution < -0.4 is 15.6 Å². The molecule has 2 amide bonds. The SMILES string of the molecule is O=C(O)CCCC(=O)NNC(=O)COc1ccccc1. The summed E-state index contributed by atoms with van der Waals surface area (Å²) in [7, 11) is 0. The lowest BCUT2D eigenvalue weighted by Gasteiger charge is -2.08. The Morgan fingerprint density at radius 1 is 1.00 bits per heavy atom. The number of ether oxygens (including phenoxy) is 1. The van der Waals surface area contributed by atoms with Gasteiger partial charge in [-0.1, -0.05) is 18.2 Å². The van der Waals surface area contributed by atoms with Crippen molar-refractivity contribution < 1.29 is 24.2 Å². The van der Waals surface area contributed by atoms with Crippen LogP contribution in [-0.4, -0.2) is 29.5 Å². The molecule has 7 heteroatoms. The lowest BCUT2D eigenvalue weighted by Crippen LogP contribution is -2.43. The molecule has 1 rings (SSSR count). The van der Waals surface area contributed by atoms with Crippen molar-refractivity contribution in [1.29, 1.82) is 0 Å². The Kier molecular flexibility index (Phi) is 6.60. The summed E-state index contributed by atoms with van der Waals surface area (Å²) in [6, 6.07) is 8.79. The number of rotatable bonds is 7. The Bertz CT molecular complexity index is 461. The Morgan fingerprint density at radius 3 is 2.30 bits per heavy atom. The molecule has 1 aromatic carbocycles. The van der Waals surface area contributed by atoms with E-state index in [0.29, 0.717) is 5.75 Å². The molecule has 108 valence electrons. The van der Waals surface area contributed by atoms with Gasteiger partial charge < -0.3 is 9.84 Å². The molecule has 0 aliphatic heterocycles. The van der Waals surface area contributed by atoms with Crippen LogP contribution in [0.3, 0.4) is 0 Å². The highest BCUT2D eigenvalue weighted by Crippen LogP contribution is 2.07. The quantitative estimate of drug-likeness (QED) is 0.630. The molecular weight excluding hydrogens is 264 g/mol. The second-order valence-corrected chi connectivity index (χ2v) is 3.95. The molecule has 0 radical (unpaired) electrons. The van der Waals surface area contributed by atoms with E-state index in [4.69, 9.17) is 9.84 Å². The van der Waals surface area contributed by atoms with Crippen LogP contribution in [0.15, 0.2) is 30.3 Å². The molecule has 0 spiro atoms. The number of hydrogen-bond donors (Lipinski definition) is 3. The zero-order chi connectivity index (χ0) is 14.8. The highest BCUT2D eigenvalue weighted by atomic mass is 16.5. The summed E-state index contributed by atoms with van der Waals surface area (Å²) in [5.74, 6) is -1.35. The van der Waals surface area contributed by atoms with E-state index >= 15 is 0 Å². The molecule has 0 aliphatic carbocycles. The Labute approximate surface area is 115 Å². The van der Waals surface area contributed by atoms with Crippen molar-refractivity contribution in [3.63, 3.8) is 0 Å². The number of benzene rings is 1. The number of para-hydroxylation sites is 1. The van der Waals surface area contributed by atoms with Crippen LogP contribution in [0.2, 0.25) is 0 Å². The first-order chi connectivity index (χ1) is 9.58. The summed E-state index contributed by atoms with van der Waals surface area (Å²) in [4.78, 5) is 32.9. The van der Waals surface area contributed by atoms with Gasteiger partial charge in [0.05, 0.1) is 0 Å². The zero-order valence-electron chi connectivity index (χ0n) is 10.8. The number of carboxylic acids is 1. The second-order valence-electron chi connectivity index (χ2n) is 3.95. The van der Waals surface area contributed by atoms with Gasteiger partial charge in [0.25, 0.3) is 5.91 Å². The van der Waals surface area contributed by atoms with Crippen molar-refractivity contribution in [3.8, 4) is 5.75 Å². The van der Waals surface area contributed by atoms with Crippen molar-refractivity contribution in [2.45, 2.75) is 19.3 Å². The predicted molar refractivity (Wildman–Crippen MR) is 69.7 cm³/mol. The topological polar surface area (TPSA) is 105 Å². The number of carbonyl (C=O) groups excluding carboxylic acids is 2. The third-order valence-electron chi connectivity index (χ3n) is 2.25. The molecule has 0 saturated carbocycles. The van der Waals surface area contributed by atoms with Crippen LogP contribution >= 0.6 is 0 Å². The first kappa shape index (κ1) is 15.5. The summed E-state index contributed by atoms with van der Waals surface area (Å²) in [5.41, 5.74) is 4.36. The number of hydrogen-bond acceptors (Lipinski definition) is 4. The fraction of sp³-hybridized carbons (Fsp3) is 0.308. The monoisotopic (exact) mass is 280 g/mol. The fourth-order valence-corrected chi connectivity index (χ4v) is 1.30. The summed E-state index contributed by atoms with van der Waals surface area (Å²) in [5, 5.41) is 8.40. The molecular formula is C13H16N2O5. The van der Waals surface area contributed by atoms with Gasteiger partial charge in [-0.25, -0.2) is 0 Å². The van der Waals surface area contributed by atoms with E-state index in [0.717, 1.165) is 0 Å². The first-order valence-corrected chi connectivity index (χ1v) is 6.05. The highest BCUT2D eigenvalue weighted by Gasteiger charge is 2.06. The van der Waals surface area contributed by atoms with Gasteiger partial charge in [0.15, 0.2) is 6.61 Å². The van der Waals surface area contributed by atoms with Crippen LogP contribution in [0.4, 0.5) is 0 Å². The van der Waals surface area contributed by atoms with Gasteiger partial charge in [0, 0.05) is 12.8 Å². The van der Waals surface area contributed by atoms with Crippen molar-refractivity contribution in [2.24, 2.45) is 0 Å². The molecule has 0 atom stereocenters. The van der Waals surface area contributed by atoms with Crippen molar-refractivity contribution in [1.82, 2.24) is 10.9 Å². The Morgan fingerprint density at radius 2 is 1.65 bits per heavy atom. The molecule has 0 aliphatic rings. The number of amides is 2. The minimum Gasteiger partial charge on any atom is -0.484 e. The van der Waals surface area contributed by atoms with E-state index in [9.17, 15) is 14.4 Å². The van der Waals surface area contributed by atoms with E-state index in [2.05, 4.69) is 10.9 Å². The van der Waals surface area contributed by atoms with Gasteiger partial charge in [0.2, 0.25) is 5.91 Å². The minimum atomic E-state index is -0.960. The van der Waals surface area contributed by atoms with E-state index < -0.39 is 17.8 Å². The lowest BCUT2D eigenvalue weighted by molar-refractivity contribution is -0.137. The second kappa shape index (κ2) is 8.52. The minimum absolute atomic E-state index is 0.0339. The van der Waals surface area contributed by atoms with Crippen molar-refractivity contribution in [2.75, 3.05) is 6.61 Å². The average molecular weight is 280 g/mol. The fourth-order valence-electron chi connectivity index (χ4n) is 1.30. The smallest absolute Gasteiger partial charge is 0.303 e. The van der Waals surface area contributed by atoms with E-state index in [1.807, 2.05) is 6.07 Å². The van der Waals surface area contributed by atoms with Crippen LogP contribution in [-0.2, 0) is 14.4 Å². The Hall–Kier alpha value is -2.57. The Balaban J connectivity index is 2.13. The summed E-state index contributed by atoms with van der Waals surface area (Å²) in [6.07, 6.45) is 0.169. The number of carboxylic acid groups (broad SMARTS) is 1. The first-order valence-electron chi connectivity index (χ1n) is 6.05. The average Bonchev–Trinajstić information content (AvgIpc) is 2.43. The third kappa shape index (κ3) is 7.00. The number of hydrazine groups is 1.